The van der Waals surface area contributed by atoms with Gasteiger partial charge in [0.1, 0.15) is 17.3 Å². The van der Waals surface area contributed by atoms with E-state index >= 15 is 0 Å². The zero-order chi connectivity index (χ0) is 50.0. The molecule has 4 heterocycles. The van der Waals surface area contributed by atoms with Crippen molar-refractivity contribution in [3.05, 3.63) is 212 Å². The Morgan fingerprint density at radius 3 is 1.99 bits per heavy atom. The summed E-state index contributed by atoms with van der Waals surface area (Å²) in [5, 5.41) is 2.22. The van der Waals surface area contributed by atoms with Crippen LogP contribution in [-0.2, 0) is 10.8 Å². The van der Waals surface area contributed by atoms with Crippen LogP contribution in [0.1, 0.15) is 59.5 Å². The predicted molar refractivity (Wildman–Crippen MR) is 275 cm³/mol. The second-order valence-electron chi connectivity index (χ2n) is 19.5. The van der Waals surface area contributed by atoms with Gasteiger partial charge in [-0.1, -0.05) is 175 Å². The maximum Gasteiger partial charge on any atom is 0.269 e. The molecule has 11 aromatic rings. The number of benzene rings is 8. The normalized spacial score (nSPS) is 13.4. The van der Waals surface area contributed by atoms with Crippen LogP contribution in [0.25, 0.3) is 94.5 Å². The average Bonchev–Trinajstić information content (AvgIpc) is 3.93. The molecule has 1 aliphatic rings. The van der Waals surface area contributed by atoms with E-state index in [2.05, 4.69) is 168 Å². The van der Waals surface area contributed by atoms with Crippen molar-refractivity contribution in [1.29, 1.82) is 0 Å². The van der Waals surface area contributed by atoms with Crippen LogP contribution >= 0.6 is 0 Å². The first kappa shape index (κ1) is 35.3. The van der Waals surface area contributed by atoms with Gasteiger partial charge < -0.3 is 4.74 Å². The van der Waals surface area contributed by atoms with Crippen molar-refractivity contribution in [3.63, 3.8) is 0 Å². The lowest BCUT2D eigenvalue weighted by Crippen LogP contribution is -2.32. The highest BCUT2D eigenvalue weighted by Crippen LogP contribution is 2.46. The molecule has 0 bridgehead atoms. The van der Waals surface area contributed by atoms with Gasteiger partial charge in [-0.25, -0.2) is 4.98 Å². The molecule has 3 aromatic heterocycles. The lowest BCUT2D eigenvalue weighted by molar-refractivity contribution is -0.570. The maximum atomic E-state index is 9.29. The molecule has 1 aliphatic heterocycles. The summed E-state index contributed by atoms with van der Waals surface area (Å²) in [4.78, 5) is 4.88. The third-order valence-corrected chi connectivity index (χ3v) is 13.2. The van der Waals surface area contributed by atoms with Crippen LogP contribution in [0.2, 0.25) is 0 Å². The Morgan fingerprint density at radius 2 is 1.16 bits per heavy atom. The minimum Gasteiger partial charge on any atom is -0.458 e. The van der Waals surface area contributed by atoms with E-state index in [0.717, 1.165) is 83.3 Å². The van der Waals surface area contributed by atoms with Crippen LogP contribution in [0.5, 0.6) is 11.5 Å². The Kier molecular flexibility index (Phi) is 8.05. The summed E-state index contributed by atoms with van der Waals surface area (Å²) in [5.74, 6) is 2.13. The van der Waals surface area contributed by atoms with E-state index in [1.807, 2.05) is 57.8 Å². The quantitative estimate of drug-likeness (QED) is 0.128. The van der Waals surface area contributed by atoms with Gasteiger partial charge in [-0.05, 0) is 115 Å². The fraction of sp³-hybridized carbons (Fsp3) is 0.129. The minimum absolute atomic E-state index is 0.0589. The zero-order valence-electron chi connectivity index (χ0n) is 43.3. The molecule has 0 aliphatic carbocycles. The third-order valence-electron chi connectivity index (χ3n) is 13.2. The second-order valence-corrected chi connectivity index (χ2v) is 19.5. The summed E-state index contributed by atoms with van der Waals surface area (Å²) in [5.41, 5.74) is 13.7. The average molecular weight is 872 g/mol. The van der Waals surface area contributed by atoms with Gasteiger partial charge in [0.15, 0.2) is 0 Å². The molecule has 0 atom stereocenters. The molecule has 0 N–H and O–H groups in total. The minimum atomic E-state index is -0.439. The van der Waals surface area contributed by atoms with E-state index in [4.69, 9.17) is 13.8 Å². The fourth-order valence-electron chi connectivity index (χ4n) is 9.83. The van der Waals surface area contributed by atoms with Gasteiger partial charge in [-0.15, -0.1) is 0 Å². The van der Waals surface area contributed by atoms with Gasteiger partial charge in [-0.3, -0.25) is 13.7 Å². The Morgan fingerprint density at radius 1 is 0.522 bits per heavy atom. The highest BCUT2D eigenvalue weighted by molar-refractivity contribution is 6.09. The molecule has 0 fully saturated rings. The van der Waals surface area contributed by atoms with Crippen molar-refractivity contribution >= 4 is 32.8 Å². The number of aromatic nitrogens is 4. The van der Waals surface area contributed by atoms with Crippen LogP contribution in [0.15, 0.2) is 194 Å². The van der Waals surface area contributed by atoms with Crippen LogP contribution in [0.4, 0.5) is 0 Å². The molecular weight excluding hydrogens is 817 g/mol. The summed E-state index contributed by atoms with van der Waals surface area (Å²) >= 11 is 0. The molecule has 8 aromatic carbocycles. The number of nitrogens with zero attached hydrogens (tertiary/aromatic N) is 4. The van der Waals surface area contributed by atoms with E-state index in [-0.39, 0.29) is 28.5 Å². The molecule has 0 amide bonds. The smallest absolute Gasteiger partial charge is 0.269 e. The number of ether oxygens (including phenoxy) is 1. The van der Waals surface area contributed by atoms with Gasteiger partial charge in [0.2, 0.25) is 0 Å². The van der Waals surface area contributed by atoms with E-state index in [0.29, 0.717) is 22.7 Å². The summed E-state index contributed by atoms with van der Waals surface area (Å²) in [6, 6.07) is 52.3. The first-order chi connectivity index (χ1) is 34.6. The van der Waals surface area contributed by atoms with Crippen molar-refractivity contribution in [1.82, 2.24) is 14.1 Å². The molecule has 12 rings (SSSR count). The van der Waals surface area contributed by atoms with Crippen LogP contribution in [0, 0.1) is 6.33 Å². The standard InChI is InChI=1S/C62H50N4O/c1-61(2,3)41-29-31-49-47-21-10-11-22-48(47)52-26-16-28-56-60(52)65(59-46(40-17-8-7-9-18-40)24-15-25-53(59)54(49)35-41)39-64(56)43-19-14-20-44(37-43)67-45-30-32-51-50-23-12-13-27-55(50)66(57(51)38-45)58-36-42(33-34-63-58)62(4,5)6/h7-38H,1-6H3/i7D,8D,9D,17D,18D. The summed E-state index contributed by atoms with van der Waals surface area (Å²) in [6.07, 6.45) is 5.67. The predicted octanol–water partition coefficient (Wildman–Crippen LogP) is 15.6. The molecule has 324 valence electrons. The number of hydrogen-bond acceptors (Lipinski definition) is 2. The number of rotatable bonds is 5. The highest BCUT2D eigenvalue weighted by Gasteiger charge is 2.28. The number of hydrogen-bond donors (Lipinski definition) is 0. The largest absolute Gasteiger partial charge is 0.458 e. The van der Waals surface area contributed by atoms with Crippen molar-refractivity contribution in [2.24, 2.45) is 0 Å². The van der Waals surface area contributed by atoms with Crippen LogP contribution in [0.3, 0.4) is 0 Å². The Balaban J connectivity index is 1.08. The lowest BCUT2D eigenvalue weighted by atomic mass is 9.81. The molecular formula is C62H50N4O. The Hall–Kier alpha value is -8.02. The van der Waals surface area contributed by atoms with Crippen LogP contribution < -0.4 is 9.30 Å². The molecule has 5 heteroatoms. The van der Waals surface area contributed by atoms with E-state index in [9.17, 15) is 2.74 Å². The van der Waals surface area contributed by atoms with E-state index in [1.54, 1.807) is 0 Å². The molecule has 0 unspecified atom stereocenters. The van der Waals surface area contributed by atoms with Gasteiger partial charge in [-0.2, -0.15) is 0 Å². The topological polar surface area (TPSA) is 35.9 Å². The molecule has 0 spiro atoms. The Bertz CT molecular complexity index is 4030. The summed E-state index contributed by atoms with van der Waals surface area (Å²) in [6.45, 7) is 13.2. The summed E-state index contributed by atoms with van der Waals surface area (Å²) < 4.78 is 57.8. The van der Waals surface area contributed by atoms with Gasteiger partial charge in [0, 0.05) is 23.0 Å². The second kappa shape index (κ2) is 15.3. The van der Waals surface area contributed by atoms with E-state index in [1.165, 1.54) is 5.56 Å². The van der Waals surface area contributed by atoms with Crippen molar-refractivity contribution in [3.8, 4) is 73.2 Å². The number of para-hydroxylation sites is 3. The van der Waals surface area contributed by atoms with Crippen LogP contribution in [-0.4, -0.2) is 14.1 Å². The van der Waals surface area contributed by atoms with Crippen molar-refractivity contribution < 1.29 is 16.2 Å². The van der Waals surface area contributed by atoms with Crippen molar-refractivity contribution in [2.45, 2.75) is 52.4 Å². The van der Waals surface area contributed by atoms with Gasteiger partial charge >= 0.3 is 0 Å². The summed E-state index contributed by atoms with van der Waals surface area (Å²) in [7, 11) is 0. The van der Waals surface area contributed by atoms with Crippen molar-refractivity contribution in [2.75, 3.05) is 0 Å². The van der Waals surface area contributed by atoms with Gasteiger partial charge in [0.25, 0.3) is 6.33 Å². The molecule has 0 saturated heterocycles. The number of imidazole rings is 1. The SMILES string of the molecule is [2H]c1c([2H])c([2H])c(-c2cccc3c2-[n+]2[c-]n(-c4cccc(Oc5ccc6c7ccccc7n(-c7cc(C(C)(C)C)ccn7)c6c5)c4)c4cccc(c42)-c2ccccc2-c2ccc(C(C)(C)C)cc2-3)c([2H])c1[2H]. The first-order valence-corrected chi connectivity index (χ1v) is 22.8. The molecule has 0 radical (unpaired) electrons. The zero-order valence-corrected chi connectivity index (χ0v) is 38.3. The maximum absolute atomic E-state index is 9.29. The first-order valence-electron chi connectivity index (χ1n) is 25.3. The lowest BCUT2D eigenvalue weighted by Gasteiger charge is -2.24. The number of fused-ring (bicyclic) bond motifs is 10. The van der Waals surface area contributed by atoms with Gasteiger partial charge in [0.05, 0.1) is 40.3 Å². The monoisotopic (exact) mass is 871 g/mol. The Labute approximate surface area is 398 Å². The number of pyridine rings is 1. The highest BCUT2D eigenvalue weighted by atomic mass is 16.5. The third kappa shape index (κ3) is 6.76. The van der Waals surface area contributed by atoms with E-state index < -0.39 is 18.1 Å². The molecule has 67 heavy (non-hydrogen) atoms. The molecule has 0 saturated carbocycles. The fourth-order valence-corrected chi connectivity index (χ4v) is 9.83. The molecule has 5 nitrogen and oxygen atoms in total.